The number of halogens is 2. The first kappa shape index (κ1) is 8.74. The zero-order chi connectivity index (χ0) is 9.26. The zero-order valence-corrected chi connectivity index (χ0v) is 7.65. The number of hydrogen-bond donors (Lipinski definition) is 0. The smallest absolute Gasteiger partial charge is 0.166 e. The quantitative estimate of drug-likeness (QED) is 0.732. The Morgan fingerprint density at radius 2 is 2.23 bits per heavy atom. The summed E-state index contributed by atoms with van der Waals surface area (Å²) in [5, 5.41) is 0. The topological polar surface area (TPSA) is 16.1 Å². The highest BCUT2D eigenvalue weighted by molar-refractivity contribution is 7.94. The van der Waals surface area contributed by atoms with Crippen LogP contribution in [0.4, 0.5) is 14.1 Å². The average Bonchev–Trinajstić information content (AvgIpc) is 2.05. The van der Waals surface area contributed by atoms with Gasteiger partial charge in [0.25, 0.3) is 0 Å². The Labute approximate surface area is 79.2 Å². The molecule has 2 nitrogen and oxygen atoms in total. The van der Waals surface area contributed by atoms with Crippen LogP contribution in [0.3, 0.4) is 0 Å². The van der Waals surface area contributed by atoms with Crippen LogP contribution in [-0.2, 0) is 0 Å². The molecule has 0 bridgehead atoms. The number of hydrogen-bond acceptors (Lipinski definition) is 3. The molecule has 0 atom stereocenters. The maximum Gasteiger partial charge on any atom is 0.166 e. The SMILES string of the molecule is FSc1cnc(N2CCC2)c(F)c1. The van der Waals surface area contributed by atoms with Crippen molar-refractivity contribution in [1.82, 2.24) is 4.98 Å². The highest BCUT2D eigenvalue weighted by Crippen LogP contribution is 2.25. The molecule has 70 valence electrons. The maximum absolute atomic E-state index is 13.2. The second kappa shape index (κ2) is 3.49. The van der Waals surface area contributed by atoms with Gasteiger partial charge in [-0.1, -0.05) is 0 Å². The highest BCUT2D eigenvalue weighted by Gasteiger charge is 2.19. The van der Waals surface area contributed by atoms with E-state index in [-0.39, 0.29) is 17.0 Å². The van der Waals surface area contributed by atoms with Crippen LogP contribution in [0.25, 0.3) is 0 Å². The highest BCUT2D eigenvalue weighted by atomic mass is 32.2. The summed E-state index contributed by atoms with van der Waals surface area (Å²) in [6.07, 6.45) is 2.42. The maximum atomic E-state index is 13.2. The van der Waals surface area contributed by atoms with Crippen molar-refractivity contribution in [2.75, 3.05) is 18.0 Å². The van der Waals surface area contributed by atoms with Crippen LogP contribution in [-0.4, -0.2) is 18.1 Å². The van der Waals surface area contributed by atoms with Gasteiger partial charge in [0.15, 0.2) is 11.6 Å². The lowest BCUT2D eigenvalue weighted by atomic mass is 10.2. The van der Waals surface area contributed by atoms with Crippen LogP contribution in [0.1, 0.15) is 6.42 Å². The number of pyridine rings is 1. The van der Waals surface area contributed by atoms with E-state index < -0.39 is 5.82 Å². The van der Waals surface area contributed by atoms with E-state index in [4.69, 9.17) is 0 Å². The molecule has 2 heterocycles. The third-order valence-corrected chi connectivity index (χ3v) is 2.44. The Morgan fingerprint density at radius 1 is 1.46 bits per heavy atom. The summed E-state index contributed by atoms with van der Waals surface area (Å²) in [6.45, 7) is 1.68. The van der Waals surface area contributed by atoms with Crippen molar-refractivity contribution in [2.45, 2.75) is 11.3 Å². The predicted octanol–water partition coefficient (Wildman–Crippen LogP) is 2.41. The number of aromatic nitrogens is 1. The molecule has 5 heteroatoms. The van der Waals surface area contributed by atoms with E-state index in [1.807, 2.05) is 4.90 Å². The minimum atomic E-state index is -0.442. The van der Waals surface area contributed by atoms with Crippen molar-refractivity contribution in [3.63, 3.8) is 0 Å². The molecule has 1 aliphatic rings. The van der Waals surface area contributed by atoms with E-state index in [0.29, 0.717) is 5.82 Å². The lowest BCUT2D eigenvalue weighted by molar-refractivity contribution is 0.560. The fourth-order valence-corrected chi connectivity index (χ4v) is 1.46. The Hall–Kier alpha value is -0.840. The monoisotopic (exact) mass is 202 g/mol. The molecule has 1 fully saturated rings. The van der Waals surface area contributed by atoms with Crippen molar-refractivity contribution in [3.8, 4) is 0 Å². The second-order valence-corrected chi connectivity index (χ2v) is 3.52. The molecule has 0 aliphatic carbocycles. The van der Waals surface area contributed by atoms with Gasteiger partial charge in [-0.2, -0.15) is 3.89 Å². The molecule has 1 aromatic rings. The summed E-state index contributed by atoms with van der Waals surface area (Å²) in [7, 11) is 0. The zero-order valence-electron chi connectivity index (χ0n) is 6.83. The molecule has 0 radical (unpaired) electrons. The van der Waals surface area contributed by atoms with Crippen molar-refractivity contribution in [2.24, 2.45) is 0 Å². The van der Waals surface area contributed by atoms with Crippen LogP contribution < -0.4 is 4.90 Å². The Kier molecular flexibility index (Phi) is 2.35. The van der Waals surface area contributed by atoms with Gasteiger partial charge in [-0.25, -0.2) is 9.37 Å². The molecular weight excluding hydrogens is 194 g/mol. The van der Waals surface area contributed by atoms with Crippen LogP contribution >= 0.6 is 12.1 Å². The summed E-state index contributed by atoms with van der Waals surface area (Å²) in [5.41, 5.74) is 0. The normalized spacial score (nSPS) is 15.7. The Morgan fingerprint density at radius 3 is 2.69 bits per heavy atom. The predicted molar refractivity (Wildman–Crippen MR) is 48.0 cm³/mol. The second-order valence-electron chi connectivity index (χ2n) is 2.89. The van der Waals surface area contributed by atoms with Crippen molar-refractivity contribution < 1.29 is 8.28 Å². The summed E-state index contributed by atoms with van der Waals surface area (Å²) < 4.78 is 25.3. The molecule has 0 spiro atoms. The van der Waals surface area contributed by atoms with E-state index in [1.54, 1.807) is 0 Å². The van der Waals surface area contributed by atoms with Gasteiger partial charge in [-0.15, -0.1) is 0 Å². The first-order valence-corrected chi connectivity index (χ1v) is 4.72. The average molecular weight is 202 g/mol. The number of rotatable bonds is 2. The fraction of sp³-hybridized carbons (Fsp3) is 0.375. The molecule has 0 unspecified atom stereocenters. The third kappa shape index (κ3) is 1.60. The minimum Gasteiger partial charge on any atom is -0.354 e. The molecule has 1 aliphatic heterocycles. The standard InChI is InChI=1S/C8H8F2N2S/c9-7-4-6(13-10)5-11-8(7)12-2-1-3-12/h4-5H,1-3H2. The molecule has 0 amide bonds. The summed E-state index contributed by atoms with van der Waals surface area (Å²) in [5.74, 6) is -0.105. The lowest BCUT2D eigenvalue weighted by Crippen LogP contribution is -2.38. The largest absolute Gasteiger partial charge is 0.354 e. The first-order chi connectivity index (χ1) is 6.31. The lowest BCUT2D eigenvalue weighted by Gasteiger charge is -2.32. The Balaban J connectivity index is 2.26. The van der Waals surface area contributed by atoms with Gasteiger partial charge in [-0.3, -0.25) is 0 Å². The van der Waals surface area contributed by atoms with Crippen molar-refractivity contribution in [1.29, 1.82) is 0 Å². The first-order valence-electron chi connectivity index (χ1n) is 4.00. The van der Waals surface area contributed by atoms with Crippen LogP contribution in [0.15, 0.2) is 17.2 Å². The number of anilines is 1. The van der Waals surface area contributed by atoms with Gasteiger partial charge < -0.3 is 4.90 Å². The van der Waals surface area contributed by atoms with Crippen molar-refractivity contribution >= 4 is 18.0 Å². The molecular formula is C8H8F2N2S. The molecule has 2 rings (SSSR count). The van der Waals surface area contributed by atoms with Gasteiger partial charge in [0.1, 0.15) is 0 Å². The molecule has 1 saturated heterocycles. The van der Waals surface area contributed by atoms with E-state index in [0.717, 1.165) is 19.5 Å². The summed E-state index contributed by atoms with van der Waals surface area (Å²) in [4.78, 5) is 5.91. The van der Waals surface area contributed by atoms with E-state index in [1.165, 1.54) is 12.3 Å². The fourth-order valence-electron chi connectivity index (χ4n) is 1.22. The molecule has 13 heavy (non-hydrogen) atoms. The van der Waals surface area contributed by atoms with Crippen LogP contribution in [0.5, 0.6) is 0 Å². The molecule has 0 aromatic carbocycles. The van der Waals surface area contributed by atoms with Gasteiger partial charge in [0.05, 0.1) is 17.0 Å². The minimum absolute atomic E-state index is 0.00798. The molecule has 1 aromatic heterocycles. The van der Waals surface area contributed by atoms with E-state index in [2.05, 4.69) is 4.98 Å². The van der Waals surface area contributed by atoms with Gasteiger partial charge in [-0.05, 0) is 12.5 Å². The summed E-state index contributed by atoms with van der Waals surface area (Å²) >= 11 is 0.00798. The van der Waals surface area contributed by atoms with Gasteiger partial charge >= 0.3 is 0 Å². The van der Waals surface area contributed by atoms with E-state index >= 15 is 0 Å². The molecule has 0 N–H and O–H groups in total. The number of nitrogens with zero attached hydrogens (tertiary/aromatic N) is 2. The summed E-state index contributed by atoms with van der Waals surface area (Å²) in [6, 6.07) is 1.17. The van der Waals surface area contributed by atoms with Crippen LogP contribution in [0.2, 0.25) is 0 Å². The Bertz CT molecular complexity index is 315. The molecule has 0 saturated carbocycles. The van der Waals surface area contributed by atoms with Crippen molar-refractivity contribution in [3.05, 3.63) is 18.1 Å². The van der Waals surface area contributed by atoms with Crippen LogP contribution in [0, 0.1) is 5.82 Å². The third-order valence-electron chi connectivity index (χ3n) is 2.04. The van der Waals surface area contributed by atoms with Gasteiger partial charge in [0, 0.05) is 19.3 Å². The van der Waals surface area contributed by atoms with Gasteiger partial charge in [0.2, 0.25) is 0 Å². The van der Waals surface area contributed by atoms with E-state index in [9.17, 15) is 8.28 Å².